The van der Waals surface area contributed by atoms with Crippen LogP contribution in [0.25, 0.3) is 20.2 Å². The van der Waals surface area contributed by atoms with Gasteiger partial charge in [-0.25, -0.2) is 9.36 Å². The van der Waals surface area contributed by atoms with Gasteiger partial charge in [0.05, 0.1) is 36.5 Å². The lowest BCUT2D eigenvalue weighted by molar-refractivity contribution is -0.384. The largest absolute Gasteiger partial charge is 0.524 e. The van der Waals surface area contributed by atoms with Crippen LogP contribution in [0.15, 0.2) is 47.2 Å². The number of rotatable bonds is 9. The molecule has 57 heavy (non-hydrogen) atoms. The molecule has 2 N–H and O–H groups in total. The number of nitro benzene ring substituents is 1. The van der Waals surface area contributed by atoms with Crippen molar-refractivity contribution in [3.8, 4) is 17.2 Å². The lowest BCUT2D eigenvalue weighted by Crippen LogP contribution is -2.73. The predicted octanol–water partition coefficient (Wildman–Crippen LogP) is 8.90. The van der Waals surface area contributed by atoms with E-state index in [9.17, 15) is 38.8 Å². The number of nitrogens with zero attached hydrogens (tertiary/aromatic N) is 3. The van der Waals surface area contributed by atoms with E-state index in [-0.39, 0.29) is 64.9 Å². The van der Waals surface area contributed by atoms with Crippen molar-refractivity contribution in [3.05, 3.63) is 79.5 Å². The number of non-ortho nitro benzene ring substituents is 1. The van der Waals surface area contributed by atoms with E-state index in [4.69, 9.17) is 37.2 Å². The van der Waals surface area contributed by atoms with Gasteiger partial charge in [-0.05, 0) is 78.3 Å². The van der Waals surface area contributed by atoms with Gasteiger partial charge in [-0.2, -0.15) is 0 Å². The molecule has 19 heteroatoms. The van der Waals surface area contributed by atoms with Crippen LogP contribution in [0.3, 0.4) is 0 Å². The number of hydrogen-bond donors (Lipinski definition) is 2. The Hall–Kier alpha value is -4.28. The van der Waals surface area contributed by atoms with Gasteiger partial charge in [-0.1, -0.05) is 0 Å². The summed E-state index contributed by atoms with van der Waals surface area (Å²) in [4.78, 5) is 75.3. The molecule has 3 aliphatic carbocycles. The molecule has 3 aromatic carbocycles. The maximum atomic E-state index is 14.6. The van der Waals surface area contributed by atoms with Gasteiger partial charge in [-0.15, -0.1) is 45.9 Å². The monoisotopic (exact) mass is 871 g/mol. The first-order chi connectivity index (χ1) is 27.1. The molecule has 14 nitrogen and oxygen atoms in total. The SMILES string of the molecule is Cc1csc2c(OC(=O)Oc3ccc([N+](=O)[O-])cc3)cc3c(c12)[C@H](CCl)CN3C(=O)C12CC(C(=O)N3C[C@@H](CCl)c4c3cc(OP(=O)(O)O)c3scc(C)c43)(C1)C2. The Kier molecular flexibility index (Phi) is 8.98. The van der Waals surface area contributed by atoms with E-state index in [2.05, 4.69) is 0 Å². The van der Waals surface area contributed by atoms with E-state index in [1.165, 1.54) is 53.0 Å². The quantitative estimate of drug-likeness (QED) is 0.0360. The minimum absolute atomic E-state index is 0.00748. The second-order valence-corrected chi connectivity index (χ2v) is 18.8. The lowest BCUT2D eigenvalue weighted by Gasteiger charge is -2.69. The third kappa shape index (κ3) is 5.94. The topological polar surface area (TPSA) is 186 Å². The second-order valence-electron chi connectivity index (χ2n) is 15.3. The molecule has 3 fully saturated rings. The van der Waals surface area contributed by atoms with Crippen molar-refractivity contribution in [1.82, 2.24) is 0 Å². The number of fused-ring (bicyclic) bond motifs is 6. The second kappa shape index (κ2) is 13.4. The van der Waals surface area contributed by atoms with Crippen LogP contribution in [0.1, 0.15) is 53.4 Å². The first kappa shape index (κ1) is 38.2. The maximum absolute atomic E-state index is 14.6. The van der Waals surface area contributed by atoms with Crippen LogP contribution >= 0.6 is 53.7 Å². The summed E-state index contributed by atoms with van der Waals surface area (Å²) in [5, 5.41) is 16.5. The Labute approximate surface area is 342 Å². The lowest BCUT2D eigenvalue weighted by atomic mass is 9.34. The van der Waals surface area contributed by atoms with Crippen molar-refractivity contribution in [3.63, 3.8) is 0 Å². The summed E-state index contributed by atoms with van der Waals surface area (Å²) in [7, 11) is -4.92. The van der Waals surface area contributed by atoms with Gasteiger partial charge in [0, 0.05) is 71.7 Å². The zero-order chi connectivity index (χ0) is 40.3. The summed E-state index contributed by atoms with van der Waals surface area (Å²) in [5.74, 6) is -0.0518. The van der Waals surface area contributed by atoms with E-state index >= 15 is 0 Å². The van der Waals surface area contributed by atoms with Crippen LogP contribution in [0.2, 0.25) is 0 Å². The molecule has 2 bridgehead atoms. The van der Waals surface area contributed by atoms with Crippen LogP contribution in [-0.4, -0.2) is 57.5 Å². The molecule has 0 saturated heterocycles. The number of nitro groups is 1. The molecule has 5 aliphatic rings. The van der Waals surface area contributed by atoms with Crippen LogP contribution in [0.4, 0.5) is 21.9 Å². The van der Waals surface area contributed by atoms with Crippen molar-refractivity contribution >= 4 is 109 Å². The van der Waals surface area contributed by atoms with E-state index in [1.807, 2.05) is 24.6 Å². The molecule has 2 aliphatic heterocycles. The number of phosphoric acid groups is 1. The molecular weight excluding hydrogens is 840 g/mol. The Morgan fingerprint density at radius 3 is 1.77 bits per heavy atom. The minimum Gasteiger partial charge on any atom is -0.403 e. The molecule has 0 radical (unpaired) electrons. The molecule has 5 aromatic rings. The van der Waals surface area contributed by atoms with Gasteiger partial charge in [0.25, 0.3) is 5.69 Å². The van der Waals surface area contributed by atoms with E-state index < -0.39 is 29.7 Å². The van der Waals surface area contributed by atoms with Crippen molar-refractivity contribution < 1.29 is 47.7 Å². The van der Waals surface area contributed by atoms with Crippen molar-refractivity contribution in [1.29, 1.82) is 0 Å². The van der Waals surface area contributed by atoms with Crippen molar-refractivity contribution in [2.24, 2.45) is 10.8 Å². The molecule has 0 unspecified atom stereocenters. The molecule has 2 amide bonds. The minimum atomic E-state index is -4.92. The fourth-order valence-corrected chi connectivity index (χ4v) is 12.4. The number of halogens is 2. The zero-order valence-corrected chi connectivity index (χ0v) is 34.2. The standard InChI is InChI=1S/C38H32Cl2N3O11PS2/c1-18-13-56-32-26(53-36(46)52-23-5-3-22(4-6-23)43(47)48)7-24-30(28(18)32)20(9-39)11-41(24)34(44)37-15-38(16-37,17-37)35(45)42-12-21(10-40)31-25(42)8-27(54-55(49,50)51)33-29(31)19(2)14-57-33/h3-8,13-14,20-21H,9-12,15-17H2,1-2H3,(H2,49,50,51)/t20-,21-,37?,38?/m1/s1. The fourth-order valence-electron chi connectivity index (χ4n) is 9.37. The maximum Gasteiger partial charge on any atom is 0.524 e. The number of amides is 2. The molecule has 2 aromatic heterocycles. The smallest absolute Gasteiger partial charge is 0.403 e. The summed E-state index contributed by atoms with van der Waals surface area (Å²) in [6, 6.07) is 8.17. The predicted molar refractivity (Wildman–Crippen MR) is 216 cm³/mol. The number of carbonyl (C=O) groups is 3. The van der Waals surface area contributed by atoms with Gasteiger partial charge in [-0.3, -0.25) is 29.5 Å². The Bertz CT molecular complexity index is 2620. The van der Waals surface area contributed by atoms with E-state index in [0.717, 1.165) is 33.0 Å². The number of phosphoric ester groups is 1. The molecule has 296 valence electrons. The number of aryl methyl sites for hydroxylation is 2. The highest BCUT2D eigenvalue weighted by Crippen LogP contribution is 2.75. The Balaban J connectivity index is 0.985. The van der Waals surface area contributed by atoms with Crippen molar-refractivity contribution in [2.75, 3.05) is 34.6 Å². The number of hydrogen-bond acceptors (Lipinski definition) is 11. The van der Waals surface area contributed by atoms with Crippen LogP contribution in [-0.2, 0) is 14.2 Å². The molecule has 10 rings (SSSR count). The van der Waals surface area contributed by atoms with Gasteiger partial charge in [0.1, 0.15) is 5.75 Å². The molecule has 2 atom stereocenters. The highest BCUT2D eigenvalue weighted by atomic mass is 35.5. The number of ether oxygens (including phenoxy) is 2. The summed E-state index contributed by atoms with van der Waals surface area (Å²) >= 11 is 15.7. The molecule has 3 saturated carbocycles. The zero-order valence-electron chi connectivity index (χ0n) is 30.2. The molecule has 4 heterocycles. The average Bonchev–Trinajstić information content (AvgIpc) is 3.89. The van der Waals surface area contributed by atoms with Gasteiger partial charge >= 0.3 is 14.0 Å². The number of thiophene rings is 2. The van der Waals surface area contributed by atoms with Crippen LogP contribution in [0, 0.1) is 34.8 Å². The van der Waals surface area contributed by atoms with Gasteiger partial charge < -0.3 is 23.8 Å². The summed E-state index contributed by atoms with van der Waals surface area (Å²) in [5.41, 5.74) is 2.84. The van der Waals surface area contributed by atoms with Crippen molar-refractivity contribution in [2.45, 2.75) is 44.9 Å². The van der Waals surface area contributed by atoms with Gasteiger partial charge in [0.15, 0.2) is 11.5 Å². The molecule has 0 spiro atoms. The fraction of sp³-hybridized carbons (Fsp3) is 0.342. The number of carbonyl (C=O) groups excluding carboxylic acids is 3. The highest BCUT2D eigenvalue weighted by Gasteiger charge is 2.76. The third-order valence-corrected chi connectivity index (χ3v) is 15.1. The Morgan fingerprint density at radius 1 is 0.842 bits per heavy atom. The van der Waals surface area contributed by atoms with Crippen LogP contribution in [0.5, 0.6) is 17.2 Å². The van der Waals surface area contributed by atoms with E-state index in [1.54, 1.807) is 15.9 Å². The highest BCUT2D eigenvalue weighted by molar-refractivity contribution is 7.46. The third-order valence-electron chi connectivity index (χ3n) is 11.7. The van der Waals surface area contributed by atoms with E-state index in [0.29, 0.717) is 46.6 Å². The normalized spacial score (nSPS) is 23.2. The molecular formula is C38H32Cl2N3O11PS2. The first-order valence-corrected chi connectivity index (χ1v) is 22.2. The summed E-state index contributed by atoms with van der Waals surface area (Å²) in [6.45, 7) is 4.41. The van der Waals surface area contributed by atoms with Gasteiger partial charge in [0.2, 0.25) is 11.8 Å². The average molecular weight is 873 g/mol. The first-order valence-electron chi connectivity index (χ1n) is 17.8. The number of benzene rings is 3. The Morgan fingerprint density at radius 2 is 1.32 bits per heavy atom. The summed E-state index contributed by atoms with van der Waals surface area (Å²) < 4.78 is 29.4. The number of anilines is 2. The van der Waals surface area contributed by atoms with Crippen LogP contribution < -0.4 is 23.8 Å². The summed E-state index contributed by atoms with van der Waals surface area (Å²) in [6.07, 6.45) is -0.0931. The number of alkyl halides is 2.